The number of pyridine rings is 1. The van der Waals surface area contributed by atoms with E-state index in [0.29, 0.717) is 18.4 Å². The normalized spacial score (nSPS) is 15.4. The van der Waals surface area contributed by atoms with Crippen molar-refractivity contribution in [1.82, 2.24) is 19.1 Å². The van der Waals surface area contributed by atoms with Crippen molar-refractivity contribution in [3.8, 4) is 17.7 Å². The minimum atomic E-state index is -0.744. The first-order chi connectivity index (χ1) is 17.4. The molecule has 1 unspecified atom stereocenters. The van der Waals surface area contributed by atoms with Crippen LogP contribution in [0.15, 0.2) is 75.2 Å². The van der Waals surface area contributed by atoms with Crippen molar-refractivity contribution in [2.24, 2.45) is 10.9 Å². The minimum absolute atomic E-state index is 0.0531. The third-order valence-electron chi connectivity index (χ3n) is 5.42. The van der Waals surface area contributed by atoms with Gasteiger partial charge >= 0.3 is 11.4 Å². The maximum atomic E-state index is 14.8. The maximum Gasteiger partial charge on any atom is 0.334 e. The first-order valence-electron chi connectivity index (χ1n) is 11.2. The summed E-state index contributed by atoms with van der Waals surface area (Å²) in [5, 5.41) is 8.85. The smallest absolute Gasteiger partial charge is 0.334 e. The number of hydrogen-bond acceptors (Lipinski definition) is 6. The monoisotopic (exact) mass is 492 g/mol. The van der Waals surface area contributed by atoms with Gasteiger partial charge in [0.15, 0.2) is 11.6 Å². The van der Waals surface area contributed by atoms with E-state index in [-0.39, 0.29) is 47.8 Å². The summed E-state index contributed by atoms with van der Waals surface area (Å²) >= 11 is 0. The summed E-state index contributed by atoms with van der Waals surface area (Å²) in [6.07, 6.45) is 6.67. The number of halogens is 2. The molecule has 11 heteroatoms. The second-order valence-corrected chi connectivity index (χ2v) is 8.07. The highest BCUT2D eigenvalue weighted by atomic mass is 19.1. The summed E-state index contributed by atoms with van der Waals surface area (Å²) in [7, 11) is 0. The van der Waals surface area contributed by atoms with Crippen LogP contribution in [0, 0.1) is 23.1 Å². The Morgan fingerprint density at radius 3 is 2.72 bits per heavy atom. The first kappa shape index (κ1) is 24.5. The van der Waals surface area contributed by atoms with E-state index in [1.807, 2.05) is 13.0 Å². The lowest BCUT2D eigenvalue weighted by molar-refractivity contribution is 0.427. The van der Waals surface area contributed by atoms with Crippen LogP contribution < -0.4 is 21.7 Å². The molecule has 0 fully saturated rings. The van der Waals surface area contributed by atoms with Gasteiger partial charge in [0.25, 0.3) is 0 Å². The Labute approximate surface area is 204 Å². The lowest BCUT2D eigenvalue weighted by atomic mass is 10.0. The number of aromatic nitrogens is 4. The number of allylic oxidation sites excluding steroid dienone is 4. The third kappa shape index (κ3) is 5.55. The van der Waals surface area contributed by atoms with Crippen molar-refractivity contribution in [2.75, 3.05) is 0 Å². The number of rotatable bonds is 7. The van der Waals surface area contributed by atoms with Crippen LogP contribution in [0.4, 0.5) is 14.5 Å². The Hall–Kier alpha value is -4.59. The minimum Gasteiger partial charge on any atom is -0.436 e. The Morgan fingerprint density at radius 1 is 1.25 bits per heavy atom. The number of benzene rings is 1. The van der Waals surface area contributed by atoms with E-state index in [2.05, 4.69) is 15.0 Å². The van der Waals surface area contributed by atoms with Crippen LogP contribution in [-0.4, -0.2) is 19.1 Å². The molecule has 1 N–H and O–H groups in total. The van der Waals surface area contributed by atoms with E-state index >= 15 is 0 Å². The van der Waals surface area contributed by atoms with Gasteiger partial charge < -0.3 is 4.74 Å². The zero-order valence-corrected chi connectivity index (χ0v) is 19.3. The van der Waals surface area contributed by atoms with Gasteiger partial charge in [-0.2, -0.15) is 5.26 Å². The fourth-order valence-corrected chi connectivity index (χ4v) is 3.62. The largest absolute Gasteiger partial charge is 0.436 e. The molecule has 1 aromatic carbocycles. The molecule has 0 spiro atoms. The Balaban J connectivity index is 1.70. The van der Waals surface area contributed by atoms with Crippen LogP contribution in [0.5, 0.6) is 11.6 Å². The van der Waals surface area contributed by atoms with Gasteiger partial charge in [-0.15, -0.1) is 0 Å². The molecule has 0 saturated carbocycles. The van der Waals surface area contributed by atoms with Gasteiger partial charge in [-0.3, -0.25) is 9.55 Å². The molecule has 1 atom stereocenters. The molecule has 36 heavy (non-hydrogen) atoms. The van der Waals surface area contributed by atoms with Gasteiger partial charge in [0, 0.05) is 31.4 Å². The average molecular weight is 492 g/mol. The fourth-order valence-electron chi connectivity index (χ4n) is 3.62. The van der Waals surface area contributed by atoms with Gasteiger partial charge in [-0.1, -0.05) is 13.0 Å². The Kier molecular flexibility index (Phi) is 7.34. The molecule has 0 aliphatic heterocycles. The van der Waals surface area contributed by atoms with E-state index < -0.39 is 17.2 Å². The van der Waals surface area contributed by atoms with Gasteiger partial charge in [0.1, 0.15) is 11.9 Å². The summed E-state index contributed by atoms with van der Waals surface area (Å²) in [5.74, 6) is -1.30. The molecule has 3 aromatic rings. The standard InChI is InChI=1S/C25H22F2N6O3/c1-2-11-32-24(34)31-23(33(25(32)35)15-16-3-6-18(26)7-4-16)30-19-8-9-21(20(27)12-19)36-22-10-5-17(13-28)14-29-22/h3,5-10,12,14,16H,2,4,11,15H2,1H3,(H,30,31,34). The predicted octanol–water partition coefficient (Wildman–Crippen LogP) is 3.61. The quantitative estimate of drug-likeness (QED) is 0.541. The van der Waals surface area contributed by atoms with Gasteiger partial charge in [-0.25, -0.2) is 32.9 Å². The predicted molar refractivity (Wildman–Crippen MR) is 127 cm³/mol. The van der Waals surface area contributed by atoms with Gasteiger partial charge in [0.05, 0.1) is 11.3 Å². The molecule has 184 valence electrons. The fraction of sp³-hybridized carbons (Fsp3) is 0.240. The summed E-state index contributed by atoms with van der Waals surface area (Å²) in [6.45, 7) is 2.20. The van der Waals surface area contributed by atoms with Crippen molar-refractivity contribution >= 4 is 5.69 Å². The highest BCUT2D eigenvalue weighted by Crippen LogP contribution is 2.26. The SMILES string of the molecule is CCCn1c(=O)[nH]/c(=N\c2ccc(Oc3ccc(C#N)cn3)c(F)c2)n(CC2C=CC(F)=CC2)c1=O. The maximum absolute atomic E-state index is 14.8. The number of nitriles is 1. The highest BCUT2D eigenvalue weighted by Gasteiger charge is 2.15. The molecule has 0 radical (unpaired) electrons. The van der Waals surface area contributed by atoms with Crippen molar-refractivity contribution in [3.05, 3.63) is 98.6 Å². The van der Waals surface area contributed by atoms with E-state index in [4.69, 9.17) is 10.00 Å². The highest BCUT2D eigenvalue weighted by molar-refractivity contribution is 5.43. The zero-order valence-electron chi connectivity index (χ0n) is 19.3. The lowest BCUT2D eigenvalue weighted by Crippen LogP contribution is -2.50. The summed E-state index contributed by atoms with van der Waals surface area (Å²) < 4.78 is 35.9. The van der Waals surface area contributed by atoms with Crippen LogP contribution in [0.1, 0.15) is 25.3 Å². The second-order valence-electron chi connectivity index (χ2n) is 8.07. The number of H-pyrrole nitrogens is 1. The molecule has 2 aromatic heterocycles. The topological polar surface area (TPSA) is 118 Å². The van der Waals surface area contributed by atoms with Crippen molar-refractivity contribution in [3.63, 3.8) is 0 Å². The molecule has 0 saturated heterocycles. The van der Waals surface area contributed by atoms with Crippen LogP contribution in [0.2, 0.25) is 0 Å². The zero-order chi connectivity index (χ0) is 25.7. The Morgan fingerprint density at radius 2 is 2.08 bits per heavy atom. The van der Waals surface area contributed by atoms with E-state index in [0.717, 1.165) is 10.6 Å². The molecule has 2 heterocycles. The Bertz CT molecular complexity index is 1560. The molecule has 1 aliphatic carbocycles. The molecule has 4 rings (SSSR count). The molecule has 9 nitrogen and oxygen atoms in total. The number of ether oxygens (including phenoxy) is 1. The van der Waals surface area contributed by atoms with Crippen molar-refractivity contribution < 1.29 is 13.5 Å². The van der Waals surface area contributed by atoms with Crippen molar-refractivity contribution in [2.45, 2.75) is 32.9 Å². The molecule has 0 amide bonds. The molecule has 1 aliphatic rings. The van der Waals surface area contributed by atoms with Crippen molar-refractivity contribution in [1.29, 1.82) is 5.26 Å². The molecule has 0 bridgehead atoms. The van der Waals surface area contributed by atoms with Gasteiger partial charge in [-0.05, 0) is 49.1 Å². The van der Waals surface area contributed by atoms with Crippen LogP contribution in [-0.2, 0) is 13.1 Å². The second kappa shape index (κ2) is 10.8. The average Bonchev–Trinajstić information content (AvgIpc) is 2.87. The summed E-state index contributed by atoms with van der Waals surface area (Å²) in [4.78, 5) is 36.5. The summed E-state index contributed by atoms with van der Waals surface area (Å²) in [5.41, 5.74) is -0.771. The molecular formula is C25H22F2N6O3. The summed E-state index contributed by atoms with van der Waals surface area (Å²) in [6, 6.07) is 8.76. The number of aromatic amines is 1. The van der Waals surface area contributed by atoms with E-state index in [1.165, 1.54) is 47.2 Å². The van der Waals surface area contributed by atoms with Crippen LogP contribution in [0.25, 0.3) is 0 Å². The van der Waals surface area contributed by atoms with Crippen LogP contribution in [0.3, 0.4) is 0 Å². The van der Waals surface area contributed by atoms with E-state index in [1.54, 1.807) is 6.08 Å². The number of nitrogens with one attached hydrogen (secondary N) is 1. The van der Waals surface area contributed by atoms with Gasteiger partial charge in [0.2, 0.25) is 11.5 Å². The first-order valence-corrected chi connectivity index (χ1v) is 11.2. The lowest BCUT2D eigenvalue weighted by Gasteiger charge is -2.16. The third-order valence-corrected chi connectivity index (χ3v) is 5.42. The number of nitrogens with zero attached hydrogens (tertiary/aromatic N) is 5. The van der Waals surface area contributed by atoms with E-state index in [9.17, 15) is 18.4 Å². The number of hydrogen-bond donors (Lipinski definition) is 1. The van der Waals surface area contributed by atoms with Crippen LogP contribution >= 0.6 is 0 Å². The molecular weight excluding hydrogens is 470 g/mol.